The van der Waals surface area contributed by atoms with Gasteiger partial charge in [0, 0.05) is 19.0 Å². The zero-order valence-corrected chi connectivity index (χ0v) is 12.7. The second-order valence-corrected chi connectivity index (χ2v) is 7.51. The zero-order chi connectivity index (χ0) is 14.9. The molecule has 0 aromatic heterocycles. The van der Waals surface area contributed by atoms with Crippen molar-refractivity contribution in [1.29, 1.82) is 0 Å². The van der Waals surface area contributed by atoms with Crippen LogP contribution in [-0.4, -0.2) is 27.4 Å². The van der Waals surface area contributed by atoms with Gasteiger partial charge in [0.05, 0.1) is 4.90 Å². The number of hydrogen-bond donors (Lipinski definition) is 2. The van der Waals surface area contributed by atoms with E-state index in [2.05, 4.69) is 10.0 Å². The summed E-state index contributed by atoms with van der Waals surface area (Å²) in [6, 6.07) is 5.34. The minimum Gasteiger partial charge on any atom is -0.355 e. The number of rotatable bonds is 6. The average molecular weight is 308 g/mol. The number of nitrogens with one attached hydrogen (secondary N) is 2. The van der Waals surface area contributed by atoms with Gasteiger partial charge in [0.2, 0.25) is 15.9 Å². The molecule has 1 amide bonds. The van der Waals surface area contributed by atoms with Gasteiger partial charge >= 0.3 is 0 Å². The number of benzene rings is 1. The second-order valence-electron chi connectivity index (χ2n) is 5.75. The lowest BCUT2D eigenvalue weighted by Gasteiger charge is -2.09. The van der Waals surface area contributed by atoms with Gasteiger partial charge in [0.1, 0.15) is 0 Å². The summed E-state index contributed by atoms with van der Waals surface area (Å²) in [6.07, 6.45) is 4.99. The van der Waals surface area contributed by atoms with Crippen LogP contribution in [0.5, 0.6) is 0 Å². The molecule has 3 rings (SSSR count). The standard InChI is InChI=1S/C15H20N2O3S/c18-15(12-4-5-12)16-8-9-17-21(19,20)14-7-6-11-2-1-3-13(11)10-14/h6-7,10,12,17H,1-5,8-9H2,(H,16,18). The molecule has 1 saturated carbocycles. The number of aryl methyl sites for hydroxylation is 2. The predicted octanol–water partition coefficient (Wildman–Crippen LogP) is 0.980. The lowest BCUT2D eigenvalue weighted by Crippen LogP contribution is -2.35. The molecule has 0 heterocycles. The highest BCUT2D eigenvalue weighted by Gasteiger charge is 2.29. The minimum atomic E-state index is -3.49. The lowest BCUT2D eigenvalue weighted by atomic mass is 10.1. The average Bonchev–Trinajstić information content (AvgIpc) is 3.21. The molecule has 0 unspecified atom stereocenters. The molecule has 0 aliphatic heterocycles. The molecule has 2 aliphatic rings. The monoisotopic (exact) mass is 308 g/mol. The Bertz CT molecular complexity index is 651. The Hall–Kier alpha value is -1.40. The molecule has 0 radical (unpaired) electrons. The van der Waals surface area contributed by atoms with Crippen molar-refractivity contribution in [2.45, 2.75) is 37.0 Å². The number of carbonyl (C=O) groups is 1. The SMILES string of the molecule is O=C(NCCNS(=O)(=O)c1ccc2c(c1)CCC2)C1CC1. The van der Waals surface area contributed by atoms with Crippen molar-refractivity contribution in [3.63, 3.8) is 0 Å². The summed E-state index contributed by atoms with van der Waals surface area (Å²) >= 11 is 0. The number of fused-ring (bicyclic) bond motifs is 1. The van der Waals surface area contributed by atoms with Gasteiger partial charge in [-0.1, -0.05) is 6.07 Å². The van der Waals surface area contributed by atoms with Crippen LogP contribution < -0.4 is 10.0 Å². The smallest absolute Gasteiger partial charge is 0.240 e. The first kappa shape index (κ1) is 14.5. The van der Waals surface area contributed by atoms with Crippen molar-refractivity contribution in [3.05, 3.63) is 29.3 Å². The van der Waals surface area contributed by atoms with Crippen LogP contribution in [0, 0.1) is 5.92 Å². The Kier molecular flexibility index (Phi) is 3.99. The highest BCUT2D eigenvalue weighted by molar-refractivity contribution is 7.89. The van der Waals surface area contributed by atoms with Gasteiger partial charge in [-0.05, 0) is 55.4 Å². The molecule has 0 spiro atoms. The van der Waals surface area contributed by atoms with Crippen molar-refractivity contribution in [2.75, 3.05) is 13.1 Å². The van der Waals surface area contributed by atoms with E-state index in [0.29, 0.717) is 11.4 Å². The maximum atomic E-state index is 12.2. The fourth-order valence-corrected chi connectivity index (χ4v) is 3.74. The fourth-order valence-electron chi connectivity index (χ4n) is 2.66. The molecule has 5 nitrogen and oxygen atoms in total. The number of hydrogen-bond acceptors (Lipinski definition) is 3. The van der Waals surface area contributed by atoms with E-state index in [4.69, 9.17) is 0 Å². The molecule has 2 N–H and O–H groups in total. The topological polar surface area (TPSA) is 75.3 Å². The quantitative estimate of drug-likeness (QED) is 0.769. The molecule has 0 saturated heterocycles. The largest absolute Gasteiger partial charge is 0.355 e. The van der Waals surface area contributed by atoms with E-state index in [1.807, 2.05) is 6.07 Å². The number of sulfonamides is 1. The third-order valence-electron chi connectivity index (χ3n) is 4.04. The summed E-state index contributed by atoms with van der Waals surface area (Å²) in [4.78, 5) is 11.8. The van der Waals surface area contributed by atoms with Gasteiger partial charge in [-0.2, -0.15) is 0 Å². The van der Waals surface area contributed by atoms with Crippen LogP contribution in [0.4, 0.5) is 0 Å². The van der Waals surface area contributed by atoms with E-state index < -0.39 is 10.0 Å². The minimum absolute atomic E-state index is 0.0340. The van der Waals surface area contributed by atoms with Crippen LogP contribution in [-0.2, 0) is 27.7 Å². The van der Waals surface area contributed by atoms with E-state index >= 15 is 0 Å². The molecule has 0 bridgehead atoms. The van der Waals surface area contributed by atoms with Crippen LogP contribution in [0.1, 0.15) is 30.4 Å². The molecule has 6 heteroatoms. The molecule has 21 heavy (non-hydrogen) atoms. The van der Waals surface area contributed by atoms with Crippen molar-refractivity contribution < 1.29 is 13.2 Å². The van der Waals surface area contributed by atoms with Crippen molar-refractivity contribution >= 4 is 15.9 Å². The first-order valence-corrected chi connectivity index (χ1v) is 8.94. The molecule has 0 atom stereocenters. The van der Waals surface area contributed by atoms with E-state index in [1.54, 1.807) is 12.1 Å². The molecule has 1 fully saturated rings. The van der Waals surface area contributed by atoms with Crippen LogP contribution in [0.15, 0.2) is 23.1 Å². The predicted molar refractivity (Wildman–Crippen MR) is 79.4 cm³/mol. The maximum absolute atomic E-state index is 12.2. The molecular weight excluding hydrogens is 288 g/mol. The van der Waals surface area contributed by atoms with Gasteiger partial charge in [-0.25, -0.2) is 13.1 Å². The van der Waals surface area contributed by atoms with Crippen molar-refractivity contribution in [3.8, 4) is 0 Å². The third kappa shape index (κ3) is 3.44. The summed E-state index contributed by atoms with van der Waals surface area (Å²) in [6.45, 7) is 0.553. The first-order valence-electron chi connectivity index (χ1n) is 7.45. The second kappa shape index (κ2) is 5.77. The summed E-state index contributed by atoms with van der Waals surface area (Å²) in [5.41, 5.74) is 2.39. The molecule has 2 aliphatic carbocycles. The van der Waals surface area contributed by atoms with Crippen LogP contribution in [0.2, 0.25) is 0 Å². The first-order chi connectivity index (χ1) is 10.1. The Morgan fingerprint density at radius 3 is 2.67 bits per heavy atom. The molecule has 1 aromatic rings. The molecular formula is C15H20N2O3S. The van der Waals surface area contributed by atoms with Crippen LogP contribution in [0.25, 0.3) is 0 Å². The summed E-state index contributed by atoms with van der Waals surface area (Å²) in [5.74, 6) is 0.185. The molecule has 114 valence electrons. The van der Waals surface area contributed by atoms with Crippen molar-refractivity contribution in [2.24, 2.45) is 5.92 Å². The van der Waals surface area contributed by atoms with Gasteiger partial charge in [-0.3, -0.25) is 4.79 Å². The van der Waals surface area contributed by atoms with Crippen LogP contribution >= 0.6 is 0 Å². The summed E-state index contributed by atoms with van der Waals surface area (Å²) in [5, 5.41) is 2.74. The van der Waals surface area contributed by atoms with Gasteiger partial charge in [0.15, 0.2) is 0 Å². The Morgan fingerprint density at radius 1 is 1.14 bits per heavy atom. The fraction of sp³-hybridized carbons (Fsp3) is 0.533. The van der Waals surface area contributed by atoms with E-state index in [9.17, 15) is 13.2 Å². The Balaban J connectivity index is 1.55. The van der Waals surface area contributed by atoms with E-state index in [-0.39, 0.29) is 18.4 Å². The number of carbonyl (C=O) groups excluding carboxylic acids is 1. The highest BCUT2D eigenvalue weighted by atomic mass is 32.2. The third-order valence-corrected chi connectivity index (χ3v) is 5.50. The summed E-state index contributed by atoms with van der Waals surface area (Å²) in [7, 11) is -3.49. The van der Waals surface area contributed by atoms with Crippen molar-refractivity contribution in [1.82, 2.24) is 10.0 Å². The number of amides is 1. The Morgan fingerprint density at radius 2 is 1.90 bits per heavy atom. The van der Waals surface area contributed by atoms with E-state index in [0.717, 1.165) is 37.7 Å². The lowest BCUT2D eigenvalue weighted by molar-refractivity contribution is -0.122. The maximum Gasteiger partial charge on any atom is 0.240 e. The highest BCUT2D eigenvalue weighted by Crippen LogP contribution is 2.28. The summed E-state index contributed by atoms with van der Waals surface area (Å²) < 4.78 is 26.9. The Labute approximate surface area is 125 Å². The van der Waals surface area contributed by atoms with Gasteiger partial charge in [-0.15, -0.1) is 0 Å². The molecule has 1 aromatic carbocycles. The van der Waals surface area contributed by atoms with Gasteiger partial charge in [0.25, 0.3) is 0 Å². The van der Waals surface area contributed by atoms with E-state index in [1.165, 1.54) is 5.56 Å². The zero-order valence-electron chi connectivity index (χ0n) is 11.9. The normalized spacial score (nSPS) is 17.5. The van der Waals surface area contributed by atoms with Crippen LogP contribution in [0.3, 0.4) is 0 Å². The van der Waals surface area contributed by atoms with Gasteiger partial charge < -0.3 is 5.32 Å².